The van der Waals surface area contributed by atoms with Crippen LogP contribution in [-0.4, -0.2) is 13.7 Å². The largest absolute Gasteiger partial charge is 0.497 e. The van der Waals surface area contributed by atoms with Crippen molar-refractivity contribution >= 4 is 0 Å². The lowest BCUT2D eigenvalue weighted by molar-refractivity contribution is 0.350. The first kappa shape index (κ1) is 14.0. The molecule has 0 spiro atoms. The van der Waals surface area contributed by atoms with Crippen LogP contribution in [0.15, 0.2) is 42.5 Å². The molecule has 1 unspecified atom stereocenters. The Morgan fingerprint density at radius 1 is 1.19 bits per heavy atom. The van der Waals surface area contributed by atoms with Crippen LogP contribution in [0.5, 0.6) is 11.5 Å². The van der Waals surface area contributed by atoms with Gasteiger partial charge in [0, 0.05) is 18.0 Å². The fourth-order valence-corrected chi connectivity index (χ4v) is 2.80. The van der Waals surface area contributed by atoms with Gasteiger partial charge in [-0.05, 0) is 36.1 Å². The second kappa shape index (κ2) is 6.19. The Balaban J connectivity index is 1.66. The van der Waals surface area contributed by atoms with Gasteiger partial charge in [0.25, 0.3) is 0 Å². The van der Waals surface area contributed by atoms with Crippen LogP contribution in [0.1, 0.15) is 29.2 Å². The van der Waals surface area contributed by atoms with Gasteiger partial charge in [-0.25, -0.2) is 0 Å². The van der Waals surface area contributed by atoms with Crippen molar-refractivity contribution in [2.24, 2.45) is 5.73 Å². The highest BCUT2D eigenvalue weighted by Crippen LogP contribution is 2.34. The van der Waals surface area contributed by atoms with Crippen molar-refractivity contribution in [2.75, 3.05) is 13.7 Å². The maximum Gasteiger partial charge on any atom is 0.127 e. The average Bonchev–Trinajstić information content (AvgIpc) is 3.01. The van der Waals surface area contributed by atoms with Crippen LogP contribution >= 0.6 is 0 Å². The number of ether oxygens (including phenoxy) is 2. The van der Waals surface area contributed by atoms with Crippen molar-refractivity contribution in [3.05, 3.63) is 59.2 Å². The summed E-state index contributed by atoms with van der Waals surface area (Å²) < 4.78 is 10.9. The zero-order valence-electron chi connectivity index (χ0n) is 12.3. The van der Waals surface area contributed by atoms with E-state index in [2.05, 4.69) is 30.3 Å². The van der Waals surface area contributed by atoms with Gasteiger partial charge in [-0.3, -0.25) is 0 Å². The summed E-state index contributed by atoms with van der Waals surface area (Å²) in [6, 6.07) is 14.5. The van der Waals surface area contributed by atoms with Crippen LogP contribution in [0.25, 0.3) is 0 Å². The number of hydrogen-bond acceptors (Lipinski definition) is 3. The van der Waals surface area contributed by atoms with Gasteiger partial charge in [0.15, 0.2) is 0 Å². The number of aryl methyl sites for hydroxylation is 1. The van der Waals surface area contributed by atoms with Gasteiger partial charge in [-0.15, -0.1) is 0 Å². The van der Waals surface area contributed by atoms with E-state index in [-0.39, 0.29) is 6.04 Å². The summed E-state index contributed by atoms with van der Waals surface area (Å²) in [7, 11) is 1.68. The molecule has 1 atom stereocenters. The van der Waals surface area contributed by atoms with E-state index in [4.69, 9.17) is 15.2 Å². The molecule has 3 rings (SSSR count). The maximum absolute atomic E-state index is 6.37. The highest BCUT2D eigenvalue weighted by Gasteiger charge is 2.19. The third kappa shape index (κ3) is 3.03. The predicted molar refractivity (Wildman–Crippen MR) is 83.9 cm³/mol. The van der Waals surface area contributed by atoms with Crippen LogP contribution in [-0.2, 0) is 12.8 Å². The number of fused-ring (bicyclic) bond motifs is 1. The van der Waals surface area contributed by atoms with Crippen LogP contribution in [0.4, 0.5) is 0 Å². The number of hydrogen-bond donors (Lipinski definition) is 1. The second-order valence-electron chi connectivity index (χ2n) is 5.43. The zero-order valence-corrected chi connectivity index (χ0v) is 12.3. The van der Waals surface area contributed by atoms with Crippen molar-refractivity contribution < 1.29 is 9.47 Å². The van der Waals surface area contributed by atoms with Crippen molar-refractivity contribution in [2.45, 2.75) is 25.3 Å². The molecular formula is C18H21NO2. The van der Waals surface area contributed by atoms with Crippen LogP contribution < -0.4 is 15.2 Å². The molecule has 0 bridgehead atoms. The van der Waals surface area contributed by atoms with Crippen LogP contribution in [0, 0.1) is 0 Å². The van der Waals surface area contributed by atoms with Gasteiger partial charge < -0.3 is 15.2 Å². The van der Waals surface area contributed by atoms with E-state index < -0.39 is 0 Å². The summed E-state index contributed by atoms with van der Waals surface area (Å²) in [5.74, 6) is 1.90. The van der Waals surface area contributed by atoms with Crippen molar-refractivity contribution in [1.82, 2.24) is 0 Å². The Labute approximate surface area is 125 Å². The maximum atomic E-state index is 6.37. The van der Waals surface area contributed by atoms with Crippen LogP contribution in [0.2, 0.25) is 0 Å². The number of rotatable bonds is 5. The molecule has 0 radical (unpaired) electrons. The molecule has 3 heteroatoms. The lowest BCUT2D eigenvalue weighted by Crippen LogP contribution is -2.12. The van der Waals surface area contributed by atoms with E-state index in [0.29, 0.717) is 0 Å². The SMILES string of the molecule is COc1ccc(CCC(N)c2cccc3c2OCC3)cc1. The predicted octanol–water partition coefficient (Wildman–Crippen LogP) is 3.26. The lowest BCUT2D eigenvalue weighted by atomic mass is 9.97. The summed E-state index contributed by atoms with van der Waals surface area (Å²) in [6.45, 7) is 0.775. The summed E-state index contributed by atoms with van der Waals surface area (Å²) in [5, 5.41) is 0. The first-order chi connectivity index (χ1) is 10.3. The molecular weight excluding hydrogens is 262 g/mol. The topological polar surface area (TPSA) is 44.5 Å². The molecule has 0 saturated carbocycles. The lowest BCUT2D eigenvalue weighted by Gasteiger charge is -2.15. The number of benzene rings is 2. The van der Waals surface area contributed by atoms with E-state index >= 15 is 0 Å². The number of para-hydroxylation sites is 1. The fourth-order valence-electron chi connectivity index (χ4n) is 2.80. The molecule has 1 heterocycles. The highest BCUT2D eigenvalue weighted by molar-refractivity contribution is 5.45. The van der Waals surface area contributed by atoms with Gasteiger partial charge in [0.1, 0.15) is 11.5 Å². The van der Waals surface area contributed by atoms with Crippen molar-refractivity contribution in [3.8, 4) is 11.5 Å². The molecule has 0 saturated heterocycles. The minimum atomic E-state index is 0.0140. The molecule has 1 aliphatic rings. The average molecular weight is 283 g/mol. The molecule has 110 valence electrons. The Bertz CT molecular complexity index is 607. The van der Waals surface area contributed by atoms with Crippen molar-refractivity contribution in [3.63, 3.8) is 0 Å². The van der Waals surface area contributed by atoms with E-state index in [1.54, 1.807) is 7.11 Å². The minimum Gasteiger partial charge on any atom is -0.497 e. The number of nitrogens with two attached hydrogens (primary N) is 1. The highest BCUT2D eigenvalue weighted by atomic mass is 16.5. The van der Waals surface area contributed by atoms with Crippen molar-refractivity contribution in [1.29, 1.82) is 0 Å². The smallest absolute Gasteiger partial charge is 0.127 e. The number of methoxy groups -OCH3 is 1. The monoisotopic (exact) mass is 283 g/mol. The molecule has 0 aromatic heterocycles. The Hall–Kier alpha value is -2.00. The van der Waals surface area contributed by atoms with E-state index in [1.165, 1.54) is 11.1 Å². The quantitative estimate of drug-likeness (QED) is 0.916. The summed E-state index contributed by atoms with van der Waals surface area (Å²) in [5.41, 5.74) is 10.1. The Kier molecular flexibility index (Phi) is 4.11. The first-order valence-corrected chi connectivity index (χ1v) is 7.41. The second-order valence-corrected chi connectivity index (χ2v) is 5.43. The van der Waals surface area contributed by atoms with E-state index in [1.807, 2.05) is 12.1 Å². The third-order valence-corrected chi connectivity index (χ3v) is 4.05. The molecule has 0 fully saturated rings. The molecule has 3 nitrogen and oxygen atoms in total. The van der Waals surface area contributed by atoms with Gasteiger partial charge in [0.05, 0.1) is 13.7 Å². The van der Waals surface area contributed by atoms with Gasteiger partial charge in [0.2, 0.25) is 0 Å². The molecule has 2 N–H and O–H groups in total. The summed E-state index contributed by atoms with van der Waals surface area (Å²) >= 11 is 0. The molecule has 2 aromatic carbocycles. The Morgan fingerprint density at radius 3 is 2.76 bits per heavy atom. The van der Waals surface area contributed by atoms with E-state index in [9.17, 15) is 0 Å². The minimum absolute atomic E-state index is 0.0140. The van der Waals surface area contributed by atoms with E-state index in [0.717, 1.165) is 42.9 Å². The Morgan fingerprint density at radius 2 is 2.00 bits per heavy atom. The molecule has 0 amide bonds. The third-order valence-electron chi connectivity index (χ3n) is 4.05. The standard InChI is InChI=1S/C18H21NO2/c1-20-15-8-5-13(6-9-15)7-10-17(19)16-4-2-3-14-11-12-21-18(14)16/h2-6,8-9,17H,7,10-12,19H2,1H3. The first-order valence-electron chi connectivity index (χ1n) is 7.41. The molecule has 1 aliphatic heterocycles. The molecule has 2 aromatic rings. The normalized spacial score (nSPS) is 14.4. The summed E-state index contributed by atoms with van der Waals surface area (Å²) in [4.78, 5) is 0. The van der Waals surface area contributed by atoms with Gasteiger partial charge >= 0.3 is 0 Å². The fraction of sp³-hybridized carbons (Fsp3) is 0.333. The van der Waals surface area contributed by atoms with Crippen LogP contribution in [0.3, 0.4) is 0 Å². The van der Waals surface area contributed by atoms with Gasteiger partial charge in [-0.2, -0.15) is 0 Å². The molecule has 21 heavy (non-hydrogen) atoms. The zero-order chi connectivity index (χ0) is 14.7. The molecule has 0 aliphatic carbocycles. The summed E-state index contributed by atoms with van der Waals surface area (Å²) in [6.07, 6.45) is 2.86. The van der Waals surface area contributed by atoms with Gasteiger partial charge in [-0.1, -0.05) is 30.3 Å².